The molecule has 5 amide bonds. The van der Waals surface area contributed by atoms with E-state index in [0.29, 0.717) is 36.6 Å². The average molecular weight is 838 g/mol. The van der Waals surface area contributed by atoms with Gasteiger partial charge in [0.05, 0.1) is 6.20 Å². The SMILES string of the molecule is Cc1cc(C(=O)N2CCC(CCCCNC(=O)/C=C/c3cncc(F)c3)CC2)ccc1N1CCN(CCCCSc2cccc3c2CN(C2CCC(=O)NC2=O)C3=O)CC1. The number of piperazine rings is 1. The van der Waals surface area contributed by atoms with Gasteiger partial charge in [0.15, 0.2) is 0 Å². The molecule has 4 aliphatic rings. The number of anilines is 1. The molecule has 1 unspecified atom stereocenters. The monoisotopic (exact) mass is 837 g/mol. The number of fused-ring (bicyclic) bond motifs is 1. The average Bonchev–Trinajstić information content (AvgIpc) is 3.59. The number of hydrogen-bond acceptors (Lipinski definition) is 9. The van der Waals surface area contributed by atoms with Crippen LogP contribution in [0.15, 0.2) is 65.8 Å². The third kappa shape index (κ3) is 11.0. The summed E-state index contributed by atoms with van der Waals surface area (Å²) in [5, 5.41) is 5.27. The van der Waals surface area contributed by atoms with Crippen molar-refractivity contribution in [2.24, 2.45) is 5.92 Å². The molecule has 7 rings (SSSR count). The molecule has 3 fully saturated rings. The van der Waals surface area contributed by atoms with E-state index in [4.69, 9.17) is 0 Å². The van der Waals surface area contributed by atoms with Gasteiger partial charge in [0.1, 0.15) is 11.9 Å². The third-order valence-electron chi connectivity index (χ3n) is 12.2. The van der Waals surface area contributed by atoms with Crippen molar-refractivity contribution in [3.63, 3.8) is 0 Å². The minimum atomic E-state index is -0.600. The number of amides is 5. The van der Waals surface area contributed by atoms with Crippen LogP contribution in [0.25, 0.3) is 6.08 Å². The van der Waals surface area contributed by atoms with E-state index in [1.54, 1.807) is 22.7 Å². The van der Waals surface area contributed by atoms with Gasteiger partial charge in [-0.25, -0.2) is 4.39 Å². The highest BCUT2D eigenvalue weighted by Gasteiger charge is 2.40. The summed E-state index contributed by atoms with van der Waals surface area (Å²) < 4.78 is 13.3. The van der Waals surface area contributed by atoms with Gasteiger partial charge in [-0.2, -0.15) is 0 Å². The lowest BCUT2D eigenvalue weighted by Gasteiger charge is -2.37. The number of aromatic nitrogens is 1. The maximum atomic E-state index is 13.5. The topological polar surface area (TPSA) is 135 Å². The second kappa shape index (κ2) is 20.5. The number of carbonyl (C=O) groups is 5. The molecule has 0 saturated carbocycles. The van der Waals surface area contributed by atoms with Crippen LogP contribution >= 0.6 is 11.8 Å². The molecule has 0 radical (unpaired) electrons. The molecule has 14 heteroatoms. The van der Waals surface area contributed by atoms with Crippen molar-refractivity contribution in [1.29, 1.82) is 0 Å². The number of unbranched alkanes of at least 4 members (excludes halogenated alkanes) is 2. The van der Waals surface area contributed by atoms with Gasteiger partial charge in [-0.1, -0.05) is 18.9 Å². The van der Waals surface area contributed by atoms with E-state index >= 15 is 0 Å². The van der Waals surface area contributed by atoms with Crippen LogP contribution in [0.2, 0.25) is 0 Å². The van der Waals surface area contributed by atoms with Crippen molar-refractivity contribution in [3.05, 3.63) is 94.6 Å². The Bertz CT molecular complexity index is 2080. The molecule has 12 nitrogen and oxygen atoms in total. The molecule has 0 spiro atoms. The summed E-state index contributed by atoms with van der Waals surface area (Å²) in [4.78, 5) is 76.3. The number of nitrogens with zero attached hydrogens (tertiary/aromatic N) is 5. The summed E-state index contributed by atoms with van der Waals surface area (Å²) >= 11 is 1.77. The number of aryl methyl sites for hydroxylation is 1. The van der Waals surface area contributed by atoms with Crippen molar-refractivity contribution in [1.82, 2.24) is 30.3 Å². The fourth-order valence-electron chi connectivity index (χ4n) is 8.79. The number of imide groups is 1. The van der Waals surface area contributed by atoms with Crippen LogP contribution in [0.4, 0.5) is 10.1 Å². The number of thioether (sulfide) groups is 1. The Morgan fingerprint density at radius 1 is 0.950 bits per heavy atom. The van der Waals surface area contributed by atoms with Crippen LogP contribution in [0.1, 0.15) is 95.2 Å². The first-order chi connectivity index (χ1) is 29.1. The lowest BCUT2D eigenvalue weighted by molar-refractivity contribution is -0.137. The Morgan fingerprint density at radius 2 is 1.77 bits per heavy atom. The smallest absolute Gasteiger partial charge is 0.255 e. The van der Waals surface area contributed by atoms with Crippen molar-refractivity contribution in [2.45, 2.75) is 82.2 Å². The second-order valence-electron chi connectivity index (χ2n) is 16.4. The van der Waals surface area contributed by atoms with Gasteiger partial charge in [-0.3, -0.25) is 39.2 Å². The number of likely N-dealkylation sites (tertiary alicyclic amines) is 1. The molecular weight excluding hydrogens is 782 g/mol. The first kappa shape index (κ1) is 43.0. The Hall–Kier alpha value is -5.08. The molecule has 318 valence electrons. The number of nitrogens with one attached hydrogen (secondary N) is 2. The number of rotatable bonds is 16. The maximum Gasteiger partial charge on any atom is 0.255 e. The Balaban J connectivity index is 0.763. The van der Waals surface area contributed by atoms with E-state index in [0.717, 1.165) is 124 Å². The van der Waals surface area contributed by atoms with Crippen LogP contribution in [0, 0.1) is 18.7 Å². The number of hydrogen-bond donors (Lipinski definition) is 2. The number of pyridine rings is 1. The highest BCUT2D eigenvalue weighted by Crippen LogP contribution is 2.35. The minimum absolute atomic E-state index is 0.107. The molecule has 0 aliphatic carbocycles. The summed E-state index contributed by atoms with van der Waals surface area (Å²) in [6.45, 7) is 9.56. The predicted octanol–water partition coefficient (Wildman–Crippen LogP) is 5.84. The maximum absolute atomic E-state index is 13.5. The van der Waals surface area contributed by atoms with Crippen molar-refractivity contribution in [3.8, 4) is 0 Å². The number of piperidine rings is 2. The van der Waals surface area contributed by atoms with E-state index in [2.05, 4.69) is 50.5 Å². The normalized spacial score (nSPS) is 18.9. The van der Waals surface area contributed by atoms with Crippen molar-refractivity contribution >= 4 is 53.1 Å². The van der Waals surface area contributed by atoms with Crippen LogP contribution in [0.5, 0.6) is 0 Å². The van der Waals surface area contributed by atoms with Gasteiger partial charge in [0.25, 0.3) is 11.8 Å². The summed E-state index contributed by atoms with van der Waals surface area (Å²) in [5.74, 6) is 0.206. The van der Waals surface area contributed by atoms with Crippen molar-refractivity contribution < 1.29 is 28.4 Å². The molecule has 3 saturated heterocycles. The molecule has 4 aliphatic heterocycles. The van der Waals surface area contributed by atoms with Crippen LogP contribution < -0.4 is 15.5 Å². The second-order valence-corrected chi connectivity index (χ2v) is 17.5. The molecule has 1 atom stereocenters. The largest absolute Gasteiger partial charge is 0.369 e. The van der Waals surface area contributed by atoms with E-state index in [-0.39, 0.29) is 36.0 Å². The van der Waals surface area contributed by atoms with Gasteiger partial charge in [0.2, 0.25) is 17.7 Å². The van der Waals surface area contributed by atoms with Crippen LogP contribution in [0.3, 0.4) is 0 Å². The highest BCUT2D eigenvalue weighted by molar-refractivity contribution is 7.99. The molecule has 2 aromatic carbocycles. The highest BCUT2D eigenvalue weighted by atomic mass is 32.2. The first-order valence-electron chi connectivity index (χ1n) is 21.5. The van der Waals surface area contributed by atoms with E-state index in [1.165, 1.54) is 24.0 Å². The van der Waals surface area contributed by atoms with Gasteiger partial charge in [-0.05, 0) is 123 Å². The quantitative estimate of drug-likeness (QED) is 0.0791. The van der Waals surface area contributed by atoms with E-state index in [9.17, 15) is 28.4 Å². The Labute approximate surface area is 356 Å². The molecule has 60 heavy (non-hydrogen) atoms. The van der Waals surface area contributed by atoms with Crippen molar-refractivity contribution in [2.75, 3.05) is 63.0 Å². The molecule has 1 aromatic heterocycles. The summed E-state index contributed by atoms with van der Waals surface area (Å²) in [5.41, 5.74) is 5.27. The van der Waals surface area contributed by atoms with E-state index < -0.39 is 11.9 Å². The van der Waals surface area contributed by atoms with Gasteiger partial charge >= 0.3 is 0 Å². The summed E-state index contributed by atoms with van der Waals surface area (Å²) in [6.07, 6.45) is 13.3. The number of halogens is 1. The van der Waals surface area contributed by atoms with E-state index in [1.807, 2.05) is 23.1 Å². The Morgan fingerprint density at radius 3 is 2.53 bits per heavy atom. The van der Waals surface area contributed by atoms with Gasteiger partial charge in [-0.15, -0.1) is 11.8 Å². The van der Waals surface area contributed by atoms with Crippen LogP contribution in [-0.2, 0) is 20.9 Å². The Kier molecular flexibility index (Phi) is 14.7. The molecular formula is C46H56FN7O5S. The summed E-state index contributed by atoms with van der Waals surface area (Å²) in [6, 6.07) is 12.7. The zero-order valence-corrected chi connectivity index (χ0v) is 35.3. The number of benzene rings is 2. The van der Waals surface area contributed by atoms with Gasteiger partial charge in [0, 0.05) is 92.8 Å². The number of carbonyl (C=O) groups excluding carboxylic acids is 5. The van der Waals surface area contributed by atoms with Gasteiger partial charge < -0.3 is 20.0 Å². The molecule has 2 N–H and O–H groups in total. The molecule has 0 bridgehead atoms. The summed E-state index contributed by atoms with van der Waals surface area (Å²) in [7, 11) is 0. The lowest BCUT2D eigenvalue weighted by atomic mass is 9.91. The standard InChI is InChI=1S/C46H56FN7O5S/c1-32-27-35(45(58)53-20-16-33(17-21-53)7-2-3-18-49-42(55)14-10-34-28-36(47)30-48-29-34)11-12-39(32)52-24-22-51(23-25-52)19-4-5-26-60-41-9-6-8-37-38(41)31-54(46(37)59)40-13-15-43(56)50-44(40)57/h6,8-12,14,27-30,33,40H,2-5,7,13,15-26,31H2,1H3,(H,49,55)(H,50,56,57)/b14-10+. The third-order valence-corrected chi connectivity index (χ3v) is 13.4. The zero-order valence-electron chi connectivity index (χ0n) is 34.5. The fraction of sp³-hybridized carbons (Fsp3) is 0.478. The fourth-order valence-corrected chi connectivity index (χ4v) is 9.89. The predicted molar refractivity (Wildman–Crippen MR) is 231 cm³/mol. The molecule has 5 heterocycles. The first-order valence-corrected chi connectivity index (χ1v) is 22.4. The van der Waals surface area contributed by atoms with Crippen LogP contribution in [-0.4, -0.2) is 113 Å². The zero-order chi connectivity index (χ0) is 42.0. The molecule has 3 aromatic rings. The lowest BCUT2D eigenvalue weighted by Crippen LogP contribution is -2.52. The minimum Gasteiger partial charge on any atom is -0.369 e.